The van der Waals surface area contributed by atoms with E-state index in [0.717, 1.165) is 18.5 Å². The highest BCUT2D eigenvalue weighted by molar-refractivity contribution is 6.43. The first-order valence-corrected chi connectivity index (χ1v) is 11.5. The maximum absolute atomic E-state index is 13.4. The number of nitrogens with one attached hydrogen (secondary N) is 1. The van der Waals surface area contributed by atoms with E-state index in [1.54, 1.807) is 35.4 Å². The zero-order valence-corrected chi connectivity index (χ0v) is 20.3. The number of hydrogen-bond acceptors (Lipinski definition) is 3. The normalized spacial score (nSPS) is 10.8. The van der Waals surface area contributed by atoms with Crippen molar-refractivity contribution in [2.45, 2.75) is 32.9 Å². The van der Waals surface area contributed by atoms with Crippen molar-refractivity contribution in [3.05, 3.63) is 76.4 Å². The van der Waals surface area contributed by atoms with E-state index in [1.807, 2.05) is 42.9 Å². The Bertz CT molecular complexity index is 1070. The molecule has 0 saturated carbocycles. The third-order valence-corrected chi connectivity index (χ3v) is 6.09. The molecule has 1 N–H and O–H groups in total. The minimum absolute atomic E-state index is 0.0743. The molecule has 33 heavy (non-hydrogen) atoms. The lowest BCUT2D eigenvalue weighted by atomic mass is 10.3. The molecule has 0 saturated heterocycles. The number of aryl methyl sites for hydroxylation is 1. The maximum Gasteiger partial charge on any atom is 0.322 e. The number of benzene rings is 1. The number of aromatic nitrogens is 1. The molecule has 0 spiro atoms. The van der Waals surface area contributed by atoms with E-state index in [1.165, 1.54) is 4.90 Å². The highest BCUT2D eigenvalue weighted by Crippen LogP contribution is 2.29. The van der Waals surface area contributed by atoms with E-state index in [2.05, 4.69) is 5.32 Å². The van der Waals surface area contributed by atoms with Crippen LogP contribution in [0.3, 0.4) is 0 Å². The molecule has 0 aliphatic carbocycles. The molecular formula is C24H28Cl2N4O3. The van der Waals surface area contributed by atoms with E-state index in [4.69, 9.17) is 27.6 Å². The lowest BCUT2D eigenvalue weighted by Crippen LogP contribution is -2.44. The second kappa shape index (κ2) is 11.8. The summed E-state index contributed by atoms with van der Waals surface area (Å²) in [5, 5.41) is 3.39. The molecule has 0 bridgehead atoms. The summed E-state index contributed by atoms with van der Waals surface area (Å²) in [6, 6.07) is 12.1. The Morgan fingerprint density at radius 1 is 1.06 bits per heavy atom. The maximum atomic E-state index is 13.4. The molecule has 176 valence electrons. The van der Waals surface area contributed by atoms with E-state index in [9.17, 15) is 9.59 Å². The standard InChI is InChI=1S/C24H28Cl2N4O3/c1-3-4-13-29(24(32)27-21-11-5-10-20(25)23(21)26)17-22(31)30(16-19-9-7-14-33-19)15-18-8-6-12-28(18)2/h5-12,14H,3-4,13,15-17H2,1-2H3,(H,27,32). The van der Waals surface area contributed by atoms with Crippen LogP contribution in [0.25, 0.3) is 0 Å². The molecule has 1 aromatic carbocycles. The van der Waals surface area contributed by atoms with Gasteiger partial charge in [-0.25, -0.2) is 4.79 Å². The van der Waals surface area contributed by atoms with Crippen molar-refractivity contribution in [2.75, 3.05) is 18.4 Å². The fourth-order valence-corrected chi connectivity index (χ4v) is 3.69. The Balaban J connectivity index is 1.76. The number of nitrogens with zero attached hydrogens (tertiary/aromatic N) is 3. The largest absolute Gasteiger partial charge is 0.467 e. The van der Waals surface area contributed by atoms with Crippen molar-refractivity contribution in [2.24, 2.45) is 7.05 Å². The predicted octanol–water partition coefficient (Wildman–Crippen LogP) is 5.79. The summed E-state index contributed by atoms with van der Waals surface area (Å²) in [5.74, 6) is 0.490. The van der Waals surface area contributed by atoms with Gasteiger partial charge in [0.05, 0.1) is 35.1 Å². The van der Waals surface area contributed by atoms with Gasteiger partial charge in [0.2, 0.25) is 5.91 Å². The van der Waals surface area contributed by atoms with Gasteiger partial charge < -0.3 is 24.1 Å². The predicted molar refractivity (Wildman–Crippen MR) is 130 cm³/mol. The first kappa shape index (κ1) is 24.7. The molecule has 9 heteroatoms. The Morgan fingerprint density at radius 2 is 1.88 bits per heavy atom. The molecule has 3 rings (SSSR count). The Kier molecular flexibility index (Phi) is 8.86. The van der Waals surface area contributed by atoms with Crippen LogP contribution in [-0.4, -0.2) is 39.4 Å². The molecule has 0 atom stereocenters. The molecule has 7 nitrogen and oxygen atoms in total. The number of urea groups is 1. The van der Waals surface area contributed by atoms with Crippen LogP contribution in [0.4, 0.5) is 10.5 Å². The van der Waals surface area contributed by atoms with Crippen LogP contribution in [0.1, 0.15) is 31.2 Å². The average Bonchev–Trinajstić information content (AvgIpc) is 3.45. The Labute approximate surface area is 203 Å². The van der Waals surface area contributed by atoms with E-state index >= 15 is 0 Å². The van der Waals surface area contributed by atoms with Crippen LogP contribution in [0.5, 0.6) is 0 Å². The number of rotatable bonds is 10. The van der Waals surface area contributed by atoms with Crippen LogP contribution in [0.2, 0.25) is 10.0 Å². The number of furan rings is 1. The molecular weight excluding hydrogens is 463 g/mol. The molecule has 0 fully saturated rings. The zero-order valence-electron chi connectivity index (χ0n) is 18.8. The van der Waals surface area contributed by atoms with Crippen LogP contribution in [0.15, 0.2) is 59.3 Å². The molecule has 3 amide bonds. The lowest BCUT2D eigenvalue weighted by molar-refractivity contribution is -0.133. The fraction of sp³-hybridized carbons (Fsp3) is 0.333. The van der Waals surface area contributed by atoms with Gasteiger partial charge in [-0.05, 0) is 42.8 Å². The zero-order chi connectivity index (χ0) is 23.8. The van der Waals surface area contributed by atoms with Gasteiger partial charge in [-0.3, -0.25) is 4.79 Å². The van der Waals surface area contributed by atoms with Crippen LogP contribution in [0, 0.1) is 0 Å². The summed E-state index contributed by atoms with van der Waals surface area (Å²) in [6.45, 7) is 3.09. The smallest absolute Gasteiger partial charge is 0.322 e. The van der Waals surface area contributed by atoms with Gasteiger partial charge in [0.25, 0.3) is 0 Å². The number of unbranched alkanes of at least 4 members (excludes halogenated alkanes) is 1. The van der Waals surface area contributed by atoms with Crippen molar-refractivity contribution >= 4 is 40.8 Å². The second-order valence-electron chi connectivity index (χ2n) is 7.75. The van der Waals surface area contributed by atoms with Gasteiger partial charge in [-0.2, -0.15) is 0 Å². The summed E-state index contributed by atoms with van der Waals surface area (Å²) in [7, 11) is 1.93. The minimum Gasteiger partial charge on any atom is -0.467 e. The highest BCUT2D eigenvalue weighted by atomic mass is 35.5. The molecule has 2 aromatic heterocycles. The third kappa shape index (κ3) is 6.79. The third-order valence-electron chi connectivity index (χ3n) is 5.27. The summed E-state index contributed by atoms with van der Waals surface area (Å²) in [5.41, 5.74) is 1.38. The van der Waals surface area contributed by atoms with Gasteiger partial charge in [0.1, 0.15) is 12.3 Å². The van der Waals surface area contributed by atoms with E-state index in [-0.39, 0.29) is 17.5 Å². The number of hydrogen-bond donors (Lipinski definition) is 1. The first-order chi connectivity index (χ1) is 15.9. The number of halogens is 2. The van der Waals surface area contributed by atoms with Crippen molar-refractivity contribution < 1.29 is 14.0 Å². The Hall–Kier alpha value is -2.90. The quantitative estimate of drug-likeness (QED) is 0.391. The highest BCUT2D eigenvalue weighted by Gasteiger charge is 2.23. The number of amides is 3. The first-order valence-electron chi connectivity index (χ1n) is 10.8. The van der Waals surface area contributed by atoms with Crippen molar-refractivity contribution in [3.63, 3.8) is 0 Å². The van der Waals surface area contributed by atoms with Gasteiger partial charge >= 0.3 is 6.03 Å². The van der Waals surface area contributed by atoms with Gasteiger partial charge in [0, 0.05) is 25.5 Å². The van der Waals surface area contributed by atoms with Gasteiger partial charge in [-0.15, -0.1) is 0 Å². The van der Waals surface area contributed by atoms with Crippen LogP contribution >= 0.6 is 23.2 Å². The summed E-state index contributed by atoms with van der Waals surface area (Å²) in [6.07, 6.45) is 5.16. The van der Waals surface area contributed by atoms with Crippen LogP contribution < -0.4 is 5.32 Å². The monoisotopic (exact) mass is 490 g/mol. The van der Waals surface area contributed by atoms with E-state index in [0.29, 0.717) is 36.1 Å². The molecule has 0 radical (unpaired) electrons. The van der Waals surface area contributed by atoms with Crippen LogP contribution in [-0.2, 0) is 24.9 Å². The number of carbonyl (C=O) groups is 2. The molecule has 2 heterocycles. The lowest BCUT2D eigenvalue weighted by Gasteiger charge is -2.27. The van der Waals surface area contributed by atoms with Crippen molar-refractivity contribution in [1.29, 1.82) is 0 Å². The van der Waals surface area contributed by atoms with Gasteiger partial charge in [-0.1, -0.05) is 42.6 Å². The van der Waals surface area contributed by atoms with E-state index < -0.39 is 6.03 Å². The number of carbonyl (C=O) groups excluding carboxylic acids is 2. The SMILES string of the molecule is CCCCN(CC(=O)N(Cc1ccco1)Cc1cccn1C)C(=O)Nc1cccc(Cl)c1Cl. The van der Waals surface area contributed by atoms with Crippen molar-refractivity contribution in [3.8, 4) is 0 Å². The second-order valence-corrected chi connectivity index (χ2v) is 8.53. The summed E-state index contributed by atoms with van der Waals surface area (Å²) >= 11 is 12.3. The molecule has 0 aliphatic rings. The summed E-state index contributed by atoms with van der Waals surface area (Å²) < 4.78 is 7.43. The minimum atomic E-state index is -0.405. The average molecular weight is 491 g/mol. The van der Waals surface area contributed by atoms with Crippen molar-refractivity contribution in [1.82, 2.24) is 14.4 Å². The Morgan fingerprint density at radius 3 is 2.55 bits per heavy atom. The molecule has 3 aromatic rings. The fourth-order valence-electron chi connectivity index (χ4n) is 3.34. The summed E-state index contributed by atoms with van der Waals surface area (Å²) in [4.78, 5) is 29.6. The van der Waals surface area contributed by atoms with Gasteiger partial charge in [0.15, 0.2) is 0 Å². The molecule has 0 unspecified atom stereocenters. The molecule has 0 aliphatic heterocycles. The topological polar surface area (TPSA) is 70.7 Å². The number of anilines is 1.